The Morgan fingerprint density at radius 1 is 0.903 bits per heavy atom. The fourth-order valence-corrected chi connectivity index (χ4v) is 3.84. The molecule has 5 nitrogen and oxygen atoms in total. The number of carbonyl (C=O) groups is 2. The van der Waals surface area contributed by atoms with Crippen molar-refractivity contribution in [2.45, 2.75) is 13.8 Å². The van der Waals surface area contributed by atoms with E-state index in [1.165, 1.54) is 12.0 Å². The Balaban J connectivity index is 1.87. The number of carbonyl (C=O) groups excluding carboxylic acids is 2. The zero-order valence-electron chi connectivity index (χ0n) is 17.4. The molecule has 3 aromatic rings. The van der Waals surface area contributed by atoms with Gasteiger partial charge in [0.15, 0.2) is 0 Å². The van der Waals surface area contributed by atoms with Crippen LogP contribution in [0.1, 0.15) is 16.7 Å². The number of aryl methyl sites for hydroxylation is 2. The lowest BCUT2D eigenvalue weighted by Crippen LogP contribution is -2.33. The van der Waals surface area contributed by atoms with Crippen molar-refractivity contribution in [3.8, 4) is 5.75 Å². The number of amides is 2. The van der Waals surface area contributed by atoms with Crippen LogP contribution in [0.5, 0.6) is 5.75 Å². The highest BCUT2D eigenvalue weighted by molar-refractivity contribution is 6.46. The van der Waals surface area contributed by atoms with Crippen molar-refractivity contribution in [2.24, 2.45) is 0 Å². The van der Waals surface area contributed by atoms with E-state index in [0.717, 1.165) is 11.1 Å². The Kier molecular flexibility index (Phi) is 5.53. The number of benzene rings is 3. The summed E-state index contributed by atoms with van der Waals surface area (Å²) >= 11 is 6.08. The van der Waals surface area contributed by atoms with Crippen LogP contribution in [-0.2, 0) is 9.59 Å². The topological polar surface area (TPSA) is 58.6 Å². The molecule has 1 N–H and O–H groups in total. The van der Waals surface area contributed by atoms with Gasteiger partial charge in [0, 0.05) is 16.3 Å². The molecule has 6 heteroatoms. The van der Waals surface area contributed by atoms with Gasteiger partial charge < -0.3 is 10.1 Å². The molecular formula is C25H21ClN2O3. The number of hydrogen-bond acceptors (Lipinski definition) is 4. The number of imide groups is 1. The second kappa shape index (κ2) is 8.28. The molecule has 0 bridgehead atoms. The molecule has 0 unspecified atom stereocenters. The van der Waals surface area contributed by atoms with Gasteiger partial charge in [0.05, 0.1) is 18.4 Å². The number of para-hydroxylation sites is 1. The van der Waals surface area contributed by atoms with Crippen molar-refractivity contribution < 1.29 is 14.3 Å². The maximum absolute atomic E-state index is 13.6. The molecule has 3 aromatic carbocycles. The van der Waals surface area contributed by atoms with Crippen LogP contribution in [0.4, 0.5) is 11.4 Å². The van der Waals surface area contributed by atoms with Crippen LogP contribution in [0.25, 0.3) is 5.57 Å². The number of ether oxygens (including phenoxy) is 1. The van der Waals surface area contributed by atoms with E-state index in [1.54, 1.807) is 30.3 Å². The third-order valence-corrected chi connectivity index (χ3v) is 5.42. The summed E-state index contributed by atoms with van der Waals surface area (Å²) < 4.78 is 5.47. The van der Waals surface area contributed by atoms with Gasteiger partial charge >= 0.3 is 0 Å². The normalized spacial score (nSPS) is 13.7. The van der Waals surface area contributed by atoms with E-state index in [4.69, 9.17) is 16.3 Å². The molecule has 0 radical (unpaired) electrons. The van der Waals surface area contributed by atoms with Crippen molar-refractivity contribution in [1.82, 2.24) is 0 Å². The first-order chi connectivity index (χ1) is 14.9. The first-order valence-corrected chi connectivity index (χ1v) is 10.1. The van der Waals surface area contributed by atoms with Crippen molar-refractivity contribution in [1.29, 1.82) is 0 Å². The van der Waals surface area contributed by atoms with Gasteiger partial charge in [-0.2, -0.15) is 0 Å². The van der Waals surface area contributed by atoms with Crippen molar-refractivity contribution in [3.05, 3.63) is 94.1 Å². The fourth-order valence-electron chi connectivity index (χ4n) is 3.62. The quantitative estimate of drug-likeness (QED) is 0.551. The van der Waals surface area contributed by atoms with E-state index >= 15 is 0 Å². The average molecular weight is 433 g/mol. The number of halogens is 1. The van der Waals surface area contributed by atoms with Gasteiger partial charge in [0.25, 0.3) is 11.8 Å². The van der Waals surface area contributed by atoms with Crippen LogP contribution in [-0.4, -0.2) is 18.9 Å². The lowest BCUT2D eigenvalue weighted by molar-refractivity contribution is -0.120. The molecule has 31 heavy (non-hydrogen) atoms. The lowest BCUT2D eigenvalue weighted by Gasteiger charge is -2.18. The fraction of sp³-hybridized carbons (Fsp3) is 0.120. The SMILES string of the molecule is COc1ccccc1C1=C(Nc2ccc(C)cc2)C(=O)N(c2ccc(Cl)cc2C)C1=O. The summed E-state index contributed by atoms with van der Waals surface area (Å²) in [6.45, 7) is 3.80. The third-order valence-electron chi connectivity index (χ3n) is 5.18. The first kappa shape index (κ1) is 20.7. The van der Waals surface area contributed by atoms with Gasteiger partial charge in [0.1, 0.15) is 11.4 Å². The number of methoxy groups -OCH3 is 1. The minimum atomic E-state index is -0.433. The number of hydrogen-bond donors (Lipinski definition) is 1. The van der Waals surface area contributed by atoms with E-state index < -0.39 is 11.8 Å². The number of rotatable bonds is 5. The molecule has 0 aliphatic carbocycles. The number of anilines is 2. The highest BCUT2D eigenvalue weighted by Gasteiger charge is 2.41. The van der Waals surface area contributed by atoms with E-state index in [0.29, 0.717) is 27.7 Å². The van der Waals surface area contributed by atoms with Gasteiger partial charge in [-0.25, -0.2) is 4.90 Å². The molecule has 0 aromatic heterocycles. The molecule has 0 saturated heterocycles. The summed E-state index contributed by atoms with van der Waals surface area (Å²) in [6.07, 6.45) is 0. The van der Waals surface area contributed by atoms with Crippen LogP contribution in [0.3, 0.4) is 0 Å². The molecule has 0 saturated carbocycles. The maximum Gasteiger partial charge on any atom is 0.282 e. The summed E-state index contributed by atoms with van der Waals surface area (Å²) in [6, 6.07) is 19.9. The molecule has 0 atom stereocenters. The van der Waals surface area contributed by atoms with E-state index in [1.807, 2.05) is 50.2 Å². The minimum absolute atomic E-state index is 0.202. The predicted octanol–water partition coefficient (Wildman–Crippen LogP) is 5.36. The monoisotopic (exact) mass is 432 g/mol. The van der Waals surface area contributed by atoms with E-state index in [9.17, 15) is 9.59 Å². The average Bonchev–Trinajstić information content (AvgIpc) is 2.99. The largest absolute Gasteiger partial charge is 0.496 e. The maximum atomic E-state index is 13.6. The van der Waals surface area contributed by atoms with Crippen LogP contribution in [0.2, 0.25) is 5.02 Å². The van der Waals surface area contributed by atoms with Crippen LogP contribution in [0, 0.1) is 13.8 Å². The molecule has 156 valence electrons. The minimum Gasteiger partial charge on any atom is -0.496 e. The second-order valence-electron chi connectivity index (χ2n) is 7.32. The third kappa shape index (κ3) is 3.80. The van der Waals surface area contributed by atoms with Gasteiger partial charge in [-0.15, -0.1) is 0 Å². The Labute approximate surface area is 185 Å². The van der Waals surface area contributed by atoms with Crippen LogP contribution >= 0.6 is 11.6 Å². The van der Waals surface area contributed by atoms with E-state index in [-0.39, 0.29) is 11.3 Å². The zero-order chi connectivity index (χ0) is 22.1. The standard InChI is InChI=1S/C25H21ClN2O3/c1-15-8-11-18(12-9-15)27-23-22(19-6-4-5-7-21(19)31-3)24(29)28(25(23)30)20-13-10-17(26)14-16(20)2/h4-14,27H,1-3H3. The summed E-state index contributed by atoms with van der Waals surface area (Å²) in [5.74, 6) is -0.344. The number of nitrogens with one attached hydrogen (secondary N) is 1. The Hall–Kier alpha value is -3.57. The lowest BCUT2D eigenvalue weighted by atomic mass is 10.0. The molecule has 1 heterocycles. The molecule has 0 fully saturated rings. The summed E-state index contributed by atoms with van der Waals surface area (Å²) in [5, 5.41) is 3.70. The molecular weight excluding hydrogens is 412 g/mol. The van der Waals surface area contributed by atoms with Crippen molar-refractivity contribution >= 4 is 40.4 Å². The zero-order valence-corrected chi connectivity index (χ0v) is 18.2. The summed E-state index contributed by atoms with van der Waals surface area (Å²) in [4.78, 5) is 28.3. The Morgan fingerprint density at radius 2 is 1.61 bits per heavy atom. The molecule has 1 aliphatic rings. The van der Waals surface area contributed by atoms with Gasteiger partial charge in [0.2, 0.25) is 0 Å². The van der Waals surface area contributed by atoms with E-state index in [2.05, 4.69) is 5.32 Å². The van der Waals surface area contributed by atoms with Crippen LogP contribution in [0.15, 0.2) is 72.4 Å². The van der Waals surface area contributed by atoms with Crippen molar-refractivity contribution in [2.75, 3.05) is 17.3 Å². The Morgan fingerprint density at radius 3 is 2.29 bits per heavy atom. The molecule has 4 rings (SSSR count). The highest BCUT2D eigenvalue weighted by Crippen LogP contribution is 2.38. The predicted molar refractivity (Wildman–Crippen MR) is 123 cm³/mol. The molecule has 1 aliphatic heterocycles. The van der Waals surface area contributed by atoms with Crippen LogP contribution < -0.4 is 15.0 Å². The summed E-state index contributed by atoms with van der Waals surface area (Å²) in [7, 11) is 1.54. The second-order valence-corrected chi connectivity index (χ2v) is 7.75. The smallest absolute Gasteiger partial charge is 0.282 e. The van der Waals surface area contributed by atoms with Crippen molar-refractivity contribution in [3.63, 3.8) is 0 Å². The number of nitrogens with zero attached hydrogens (tertiary/aromatic N) is 1. The van der Waals surface area contributed by atoms with Gasteiger partial charge in [-0.3, -0.25) is 9.59 Å². The van der Waals surface area contributed by atoms with Gasteiger partial charge in [-0.05, 0) is 55.8 Å². The molecule has 2 amide bonds. The highest BCUT2D eigenvalue weighted by atomic mass is 35.5. The molecule has 0 spiro atoms. The Bertz CT molecular complexity index is 1220. The first-order valence-electron chi connectivity index (χ1n) is 9.77. The summed E-state index contributed by atoms with van der Waals surface area (Å²) in [5.41, 5.74) is 4.04. The van der Waals surface area contributed by atoms with Gasteiger partial charge in [-0.1, -0.05) is 47.5 Å².